The SMILES string of the molecule is O=C(C[n+]1ccsc1[N+](=O)[O-])c1ccccc1.[Br-]. The maximum absolute atomic E-state index is 11.8. The molecule has 1 aromatic carbocycles. The summed E-state index contributed by atoms with van der Waals surface area (Å²) in [6, 6.07) is 8.74. The zero-order valence-electron chi connectivity index (χ0n) is 9.15. The Bertz CT molecular complexity index is 556. The molecule has 0 radical (unpaired) electrons. The monoisotopic (exact) mass is 328 g/mol. The van der Waals surface area contributed by atoms with Crippen LogP contribution in [0.3, 0.4) is 0 Å². The molecule has 0 saturated carbocycles. The Kier molecular flexibility index (Phi) is 5.11. The summed E-state index contributed by atoms with van der Waals surface area (Å²) in [7, 11) is 0. The fourth-order valence-electron chi connectivity index (χ4n) is 1.43. The summed E-state index contributed by atoms with van der Waals surface area (Å²) in [5, 5.41) is 12.2. The van der Waals surface area contributed by atoms with Crippen molar-refractivity contribution in [2.24, 2.45) is 0 Å². The molecule has 0 aliphatic heterocycles. The summed E-state index contributed by atoms with van der Waals surface area (Å²) in [5.41, 5.74) is 0.556. The van der Waals surface area contributed by atoms with Crippen molar-refractivity contribution in [2.75, 3.05) is 0 Å². The van der Waals surface area contributed by atoms with E-state index in [1.165, 1.54) is 4.57 Å². The van der Waals surface area contributed by atoms with Crippen molar-refractivity contribution in [1.82, 2.24) is 0 Å². The van der Waals surface area contributed by atoms with Gasteiger partial charge >= 0.3 is 5.13 Å². The van der Waals surface area contributed by atoms with Crippen LogP contribution in [0.5, 0.6) is 0 Å². The van der Waals surface area contributed by atoms with Gasteiger partial charge in [-0.1, -0.05) is 30.3 Å². The van der Waals surface area contributed by atoms with E-state index < -0.39 is 4.92 Å². The fourth-order valence-corrected chi connectivity index (χ4v) is 2.11. The van der Waals surface area contributed by atoms with Gasteiger partial charge in [0.2, 0.25) is 12.3 Å². The molecule has 0 N–H and O–H groups in total. The van der Waals surface area contributed by atoms with E-state index in [2.05, 4.69) is 0 Å². The molecule has 0 fully saturated rings. The molecule has 0 bridgehead atoms. The topological polar surface area (TPSA) is 64.1 Å². The van der Waals surface area contributed by atoms with Crippen LogP contribution < -0.4 is 21.5 Å². The van der Waals surface area contributed by atoms with Gasteiger partial charge in [-0.2, -0.15) is 0 Å². The maximum atomic E-state index is 11.8. The quantitative estimate of drug-likeness (QED) is 0.307. The van der Waals surface area contributed by atoms with E-state index in [1.807, 2.05) is 6.07 Å². The summed E-state index contributed by atoms with van der Waals surface area (Å²) in [4.78, 5) is 22.0. The van der Waals surface area contributed by atoms with Crippen LogP contribution in [0.4, 0.5) is 5.13 Å². The third kappa shape index (κ3) is 3.21. The standard InChI is InChI=1S/C11H9N2O3S.BrH/c14-10(9-4-2-1-3-5-9)8-12-6-7-17-11(12)13(15)16;/h1-7H,8H2;1H/q+1;/p-1. The van der Waals surface area contributed by atoms with Crippen molar-refractivity contribution in [1.29, 1.82) is 0 Å². The third-order valence-electron chi connectivity index (χ3n) is 2.23. The average molecular weight is 329 g/mol. The second-order valence-electron chi connectivity index (χ2n) is 3.36. The Morgan fingerprint density at radius 3 is 2.61 bits per heavy atom. The van der Waals surface area contributed by atoms with Gasteiger partial charge in [-0.25, -0.2) is 0 Å². The Labute approximate surface area is 118 Å². The first kappa shape index (κ1) is 14.5. The molecule has 7 heteroatoms. The van der Waals surface area contributed by atoms with Gasteiger partial charge in [0.05, 0.1) is 5.38 Å². The van der Waals surface area contributed by atoms with Gasteiger partial charge < -0.3 is 17.0 Å². The molecule has 0 atom stereocenters. The minimum atomic E-state index is -0.483. The molecule has 0 amide bonds. The lowest BCUT2D eigenvalue weighted by atomic mass is 10.1. The Morgan fingerprint density at radius 1 is 1.33 bits per heavy atom. The molecular formula is C11H9BrN2O3S. The largest absolute Gasteiger partial charge is 1.00 e. The lowest BCUT2D eigenvalue weighted by molar-refractivity contribution is -0.719. The number of hydrogen-bond donors (Lipinski definition) is 0. The summed E-state index contributed by atoms with van der Waals surface area (Å²) in [6.07, 6.45) is 1.55. The van der Waals surface area contributed by atoms with Gasteiger partial charge in [-0.3, -0.25) is 14.9 Å². The van der Waals surface area contributed by atoms with Crippen molar-refractivity contribution >= 4 is 22.3 Å². The van der Waals surface area contributed by atoms with E-state index in [0.29, 0.717) is 5.56 Å². The number of nitro groups is 1. The summed E-state index contributed by atoms with van der Waals surface area (Å²) in [5.74, 6) is -0.142. The number of nitrogens with zero attached hydrogens (tertiary/aromatic N) is 2. The van der Waals surface area contributed by atoms with Crippen molar-refractivity contribution < 1.29 is 31.3 Å². The second kappa shape index (κ2) is 6.36. The summed E-state index contributed by atoms with van der Waals surface area (Å²) >= 11 is 1.01. The zero-order valence-corrected chi connectivity index (χ0v) is 11.6. The Balaban J connectivity index is 0.00000162. The molecule has 2 aromatic rings. The molecular weight excluding hydrogens is 320 g/mol. The molecule has 2 rings (SSSR count). The number of rotatable bonds is 4. The minimum Gasteiger partial charge on any atom is -1.00 e. The van der Waals surface area contributed by atoms with Crippen LogP contribution >= 0.6 is 11.3 Å². The van der Waals surface area contributed by atoms with Crippen LogP contribution in [0.2, 0.25) is 0 Å². The zero-order chi connectivity index (χ0) is 12.3. The first-order chi connectivity index (χ1) is 8.18. The number of carbonyl (C=O) groups excluding carboxylic acids is 1. The van der Waals surface area contributed by atoms with Crippen LogP contribution in [0, 0.1) is 10.1 Å². The Morgan fingerprint density at radius 2 is 2.00 bits per heavy atom. The van der Waals surface area contributed by atoms with Crippen LogP contribution in [-0.2, 0) is 6.54 Å². The van der Waals surface area contributed by atoms with Crippen molar-refractivity contribution in [2.45, 2.75) is 6.54 Å². The van der Waals surface area contributed by atoms with Crippen LogP contribution in [0.15, 0.2) is 41.9 Å². The van der Waals surface area contributed by atoms with Crippen molar-refractivity contribution in [3.8, 4) is 0 Å². The predicted octanol–water partition coefficient (Wildman–Crippen LogP) is -1.17. The van der Waals surface area contributed by atoms with Crippen LogP contribution in [-0.4, -0.2) is 10.7 Å². The van der Waals surface area contributed by atoms with Gasteiger partial charge in [0.25, 0.3) is 0 Å². The number of halogens is 1. The molecule has 5 nitrogen and oxygen atoms in total. The van der Waals surface area contributed by atoms with Crippen LogP contribution in [0.1, 0.15) is 10.4 Å². The molecule has 94 valence electrons. The highest BCUT2D eigenvalue weighted by Crippen LogP contribution is 2.12. The predicted molar refractivity (Wildman–Crippen MR) is 61.9 cm³/mol. The van der Waals surface area contributed by atoms with Crippen molar-refractivity contribution in [3.05, 3.63) is 57.6 Å². The molecule has 0 saturated heterocycles. The molecule has 0 unspecified atom stereocenters. The molecule has 0 aliphatic rings. The molecule has 18 heavy (non-hydrogen) atoms. The number of hydrogen-bond acceptors (Lipinski definition) is 4. The van der Waals surface area contributed by atoms with Crippen molar-refractivity contribution in [3.63, 3.8) is 0 Å². The lowest BCUT2D eigenvalue weighted by Crippen LogP contribution is -3.00. The van der Waals surface area contributed by atoms with Gasteiger partial charge in [0.15, 0.2) is 6.20 Å². The number of carbonyl (C=O) groups is 1. The minimum absolute atomic E-state index is 0. The van der Waals surface area contributed by atoms with E-state index in [0.717, 1.165) is 11.3 Å². The molecule has 1 aromatic heterocycles. The number of benzene rings is 1. The third-order valence-corrected chi connectivity index (χ3v) is 3.08. The van der Waals surface area contributed by atoms with E-state index in [1.54, 1.807) is 35.8 Å². The highest BCUT2D eigenvalue weighted by molar-refractivity contribution is 7.12. The van der Waals surface area contributed by atoms with E-state index >= 15 is 0 Å². The van der Waals surface area contributed by atoms with Gasteiger partial charge in [-0.15, -0.1) is 4.57 Å². The number of thiazole rings is 1. The van der Waals surface area contributed by atoms with Gasteiger partial charge in [0.1, 0.15) is 4.92 Å². The second-order valence-corrected chi connectivity index (χ2v) is 4.23. The molecule has 0 spiro atoms. The highest BCUT2D eigenvalue weighted by atomic mass is 79.9. The smallest absolute Gasteiger partial charge is 0.564 e. The average Bonchev–Trinajstić information content (AvgIpc) is 2.78. The first-order valence-electron chi connectivity index (χ1n) is 4.88. The fraction of sp³-hybridized carbons (Fsp3) is 0.0909. The van der Waals surface area contributed by atoms with Gasteiger partial charge in [-0.05, 0) is 0 Å². The summed E-state index contributed by atoms with van der Waals surface area (Å²) < 4.78 is 1.35. The van der Waals surface area contributed by atoms with E-state index in [-0.39, 0.29) is 34.4 Å². The summed E-state index contributed by atoms with van der Waals surface area (Å²) in [6.45, 7) is -0.0101. The van der Waals surface area contributed by atoms with Crippen LogP contribution in [0.25, 0.3) is 0 Å². The Hall–Kier alpha value is -1.60. The first-order valence-corrected chi connectivity index (χ1v) is 5.76. The lowest BCUT2D eigenvalue weighted by Gasteiger charge is -1.95. The normalized spacial score (nSPS) is 9.56. The van der Waals surface area contributed by atoms with E-state index in [9.17, 15) is 14.9 Å². The number of aromatic nitrogens is 1. The number of ketones is 1. The highest BCUT2D eigenvalue weighted by Gasteiger charge is 2.26. The molecule has 0 aliphatic carbocycles. The van der Waals surface area contributed by atoms with Gasteiger partial charge in [0, 0.05) is 16.9 Å². The van der Waals surface area contributed by atoms with E-state index in [4.69, 9.17) is 0 Å². The number of Topliss-reactive ketones (excluding diaryl/α,β-unsaturated/α-hetero) is 1. The maximum Gasteiger partial charge on any atom is 0.564 e. The molecule has 1 heterocycles.